The minimum absolute atomic E-state index is 0.00846. The molecule has 2 amide bonds. The number of hydrogen-bond acceptors (Lipinski definition) is 3. The van der Waals surface area contributed by atoms with E-state index in [1.54, 1.807) is 4.90 Å². The van der Waals surface area contributed by atoms with Gasteiger partial charge in [-0.3, -0.25) is 9.59 Å². The molecule has 3 rings (SSSR count). The van der Waals surface area contributed by atoms with Crippen LogP contribution in [0.4, 0.5) is 0 Å². The first-order valence-corrected chi connectivity index (χ1v) is 8.47. The van der Waals surface area contributed by atoms with E-state index in [2.05, 4.69) is 5.32 Å². The van der Waals surface area contributed by atoms with Gasteiger partial charge in [0, 0.05) is 13.1 Å². The Hall–Kier alpha value is -1.88. The minimum atomic E-state index is -0.210. The Balaban J connectivity index is 1.70. The third-order valence-electron chi connectivity index (χ3n) is 4.68. The van der Waals surface area contributed by atoms with E-state index in [0.29, 0.717) is 19.5 Å². The van der Waals surface area contributed by atoms with Gasteiger partial charge in [0.05, 0.1) is 18.6 Å². The zero-order valence-electron chi connectivity index (χ0n) is 13.4. The number of carbonyl (C=O) groups excluding carboxylic acids is 2. The Kier molecular flexibility index (Phi) is 5.28. The van der Waals surface area contributed by atoms with Crippen molar-refractivity contribution in [3.63, 3.8) is 0 Å². The van der Waals surface area contributed by atoms with E-state index >= 15 is 0 Å². The van der Waals surface area contributed by atoms with Gasteiger partial charge in [-0.05, 0) is 18.4 Å². The summed E-state index contributed by atoms with van der Waals surface area (Å²) in [6.07, 6.45) is 5.01. The second kappa shape index (κ2) is 7.59. The van der Waals surface area contributed by atoms with Crippen molar-refractivity contribution in [1.82, 2.24) is 10.2 Å². The van der Waals surface area contributed by atoms with Gasteiger partial charge in [0.1, 0.15) is 6.61 Å². The largest absolute Gasteiger partial charge is 0.368 e. The van der Waals surface area contributed by atoms with Gasteiger partial charge in [-0.25, -0.2) is 0 Å². The number of nitrogens with zero attached hydrogens (tertiary/aromatic N) is 1. The molecule has 0 aromatic heterocycles. The normalized spacial score (nSPS) is 22.7. The summed E-state index contributed by atoms with van der Waals surface area (Å²) in [5.74, 6) is -0.0342. The van der Waals surface area contributed by atoms with Gasteiger partial charge < -0.3 is 15.0 Å². The molecule has 2 fully saturated rings. The highest BCUT2D eigenvalue weighted by molar-refractivity contribution is 5.82. The van der Waals surface area contributed by atoms with Gasteiger partial charge in [0.25, 0.3) is 0 Å². The summed E-state index contributed by atoms with van der Waals surface area (Å²) in [5.41, 5.74) is 0.999. The first kappa shape index (κ1) is 16.0. The van der Waals surface area contributed by atoms with Crippen molar-refractivity contribution in [3.05, 3.63) is 35.9 Å². The van der Waals surface area contributed by atoms with Crippen LogP contribution in [0.15, 0.2) is 30.3 Å². The Morgan fingerprint density at radius 2 is 1.96 bits per heavy atom. The van der Waals surface area contributed by atoms with Crippen molar-refractivity contribution in [1.29, 1.82) is 0 Å². The Labute approximate surface area is 137 Å². The van der Waals surface area contributed by atoms with Gasteiger partial charge in [-0.2, -0.15) is 0 Å². The van der Waals surface area contributed by atoms with Crippen LogP contribution in [-0.2, 0) is 14.3 Å². The van der Waals surface area contributed by atoms with Crippen molar-refractivity contribution in [2.24, 2.45) is 0 Å². The average molecular weight is 316 g/mol. The number of hydrogen-bond donors (Lipinski definition) is 1. The fourth-order valence-electron chi connectivity index (χ4n) is 3.43. The summed E-state index contributed by atoms with van der Waals surface area (Å²) in [6, 6.07) is 9.56. The maximum absolute atomic E-state index is 12.7. The van der Waals surface area contributed by atoms with Crippen LogP contribution in [-0.4, -0.2) is 42.5 Å². The number of carbonyl (C=O) groups is 2. The van der Waals surface area contributed by atoms with Crippen LogP contribution >= 0.6 is 0 Å². The molecular formula is C18H24N2O3. The van der Waals surface area contributed by atoms with Crippen molar-refractivity contribution in [2.45, 2.75) is 44.2 Å². The molecule has 0 radical (unpaired) electrons. The van der Waals surface area contributed by atoms with Crippen LogP contribution in [0.1, 0.15) is 43.7 Å². The van der Waals surface area contributed by atoms with Crippen LogP contribution in [0.3, 0.4) is 0 Å². The second-order valence-electron chi connectivity index (χ2n) is 6.29. The lowest BCUT2D eigenvalue weighted by Crippen LogP contribution is -2.39. The van der Waals surface area contributed by atoms with Gasteiger partial charge in [-0.1, -0.05) is 43.2 Å². The van der Waals surface area contributed by atoms with Crippen molar-refractivity contribution >= 4 is 11.8 Å². The van der Waals surface area contributed by atoms with Crippen LogP contribution in [0, 0.1) is 0 Å². The molecule has 1 N–H and O–H groups in total. The quantitative estimate of drug-likeness (QED) is 0.925. The number of nitrogens with one attached hydrogen (secondary N) is 1. The molecule has 1 aliphatic heterocycles. The third-order valence-corrected chi connectivity index (χ3v) is 4.68. The van der Waals surface area contributed by atoms with E-state index < -0.39 is 0 Å². The molecule has 0 spiro atoms. The maximum Gasteiger partial charge on any atom is 0.249 e. The molecular weight excluding hydrogens is 292 g/mol. The first-order valence-electron chi connectivity index (χ1n) is 8.47. The summed E-state index contributed by atoms with van der Waals surface area (Å²) in [7, 11) is 0. The lowest BCUT2D eigenvalue weighted by Gasteiger charge is -2.30. The smallest absolute Gasteiger partial charge is 0.249 e. The van der Waals surface area contributed by atoms with E-state index in [1.165, 1.54) is 12.8 Å². The van der Waals surface area contributed by atoms with Gasteiger partial charge in [-0.15, -0.1) is 0 Å². The second-order valence-corrected chi connectivity index (χ2v) is 6.29. The molecule has 1 aliphatic carbocycles. The third kappa shape index (κ3) is 4.10. The van der Waals surface area contributed by atoms with Crippen LogP contribution < -0.4 is 5.32 Å². The van der Waals surface area contributed by atoms with Gasteiger partial charge in [0.2, 0.25) is 11.8 Å². The Bertz CT molecular complexity index is 540. The van der Waals surface area contributed by atoms with E-state index in [-0.39, 0.29) is 30.6 Å². The minimum Gasteiger partial charge on any atom is -0.368 e. The summed E-state index contributed by atoms with van der Waals surface area (Å²) < 4.78 is 5.77. The molecule has 1 aromatic rings. The predicted molar refractivity (Wildman–Crippen MR) is 86.7 cm³/mol. The predicted octanol–water partition coefficient (Wildman–Crippen LogP) is 2.04. The van der Waals surface area contributed by atoms with E-state index in [0.717, 1.165) is 18.4 Å². The zero-order valence-corrected chi connectivity index (χ0v) is 13.4. The monoisotopic (exact) mass is 316 g/mol. The SMILES string of the molecule is O=C1C[C@H](c2ccccc2)N(C(=O)COC2CCCC2)CCN1. The van der Waals surface area contributed by atoms with Crippen LogP contribution in [0.5, 0.6) is 0 Å². The average Bonchev–Trinajstić information content (AvgIpc) is 3.01. The summed E-state index contributed by atoms with van der Waals surface area (Å²) >= 11 is 0. The summed E-state index contributed by atoms with van der Waals surface area (Å²) in [4.78, 5) is 26.4. The fraction of sp³-hybridized carbons (Fsp3) is 0.556. The molecule has 1 atom stereocenters. The lowest BCUT2D eigenvalue weighted by atomic mass is 10.0. The summed E-state index contributed by atoms with van der Waals surface area (Å²) in [6.45, 7) is 1.14. The first-order chi connectivity index (χ1) is 11.2. The Morgan fingerprint density at radius 3 is 2.70 bits per heavy atom. The van der Waals surface area contributed by atoms with Crippen LogP contribution in [0.25, 0.3) is 0 Å². The topological polar surface area (TPSA) is 58.6 Å². The fourth-order valence-corrected chi connectivity index (χ4v) is 3.43. The molecule has 1 heterocycles. The number of rotatable bonds is 4. The molecule has 0 unspecified atom stereocenters. The molecule has 5 nitrogen and oxygen atoms in total. The Morgan fingerprint density at radius 1 is 1.22 bits per heavy atom. The molecule has 23 heavy (non-hydrogen) atoms. The highest BCUT2D eigenvalue weighted by Crippen LogP contribution is 2.26. The standard InChI is InChI=1S/C18H24N2O3/c21-17-12-16(14-6-2-1-3-7-14)20(11-10-19-17)18(22)13-23-15-8-4-5-9-15/h1-3,6-7,15-16H,4-5,8-13H2,(H,19,21)/t16-/m1/s1. The lowest BCUT2D eigenvalue weighted by molar-refractivity contribution is -0.140. The molecule has 0 bridgehead atoms. The molecule has 2 aliphatic rings. The number of ether oxygens (including phenoxy) is 1. The van der Waals surface area contributed by atoms with E-state index in [4.69, 9.17) is 4.74 Å². The number of amides is 2. The van der Waals surface area contributed by atoms with E-state index in [1.807, 2.05) is 30.3 Å². The van der Waals surface area contributed by atoms with Gasteiger partial charge >= 0.3 is 0 Å². The molecule has 1 aromatic carbocycles. The molecule has 1 saturated carbocycles. The summed E-state index contributed by atoms with van der Waals surface area (Å²) in [5, 5.41) is 2.85. The van der Waals surface area contributed by atoms with Crippen LogP contribution in [0.2, 0.25) is 0 Å². The molecule has 124 valence electrons. The van der Waals surface area contributed by atoms with E-state index in [9.17, 15) is 9.59 Å². The number of benzene rings is 1. The zero-order chi connectivity index (χ0) is 16.1. The molecule has 1 saturated heterocycles. The highest BCUT2D eigenvalue weighted by atomic mass is 16.5. The molecule has 5 heteroatoms. The van der Waals surface area contributed by atoms with Crippen molar-refractivity contribution in [2.75, 3.05) is 19.7 Å². The highest BCUT2D eigenvalue weighted by Gasteiger charge is 2.30. The van der Waals surface area contributed by atoms with Crippen molar-refractivity contribution in [3.8, 4) is 0 Å². The van der Waals surface area contributed by atoms with Crippen molar-refractivity contribution < 1.29 is 14.3 Å². The maximum atomic E-state index is 12.7. The van der Waals surface area contributed by atoms with Gasteiger partial charge in [0.15, 0.2) is 0 Å².